The van der Waals surface area contributed by atoms with Gasteiger partial charge in [0.1, 0.15) is 5.82 Å². The van der Waals surface area contributed by atoms with Crippen LogP contribution in [0.1, 0.15) is 55.6 Å². The third-order valence-electron chi connectivity index (χ3n) is 6.61. The Morgan fingerprint density at radius 2 is 1.93 bits per heavy atom. The monoisotopic (exact) mass is 405 g/mol. The number of aromatic nitrogens is 2. The number of nitrogens with two attached hydrogens (primary N) is 1. The Bertz CT molecular complexity index is 1180. The van der Waals surface area contributed by atoms with Crippen molar-refractivity contribution in [3.05, 3.63) is 65.6 Å². The van der Waals surface area contributed by atoms with Crippen molar-refractivity contribution in [2.45, 2.75) is 44.4 Å². The van der Waals surface area contributed by atoms with Crippen LogP contribution in [-0.2, 0) is 0 Å². The van der Waals surface area contributed by atoms with Crippen molar-refractivity contribution in [1.82, 2.24) is 9.97 Å². The topological polar surface area (TPSA) is 51.8 Å². The molecule has 0 spiro atoms. The molecule has 5 heteroatoms. The number of halogens is 1. The molecular formula is C24H24FN3S. The van der Waals surface area contributed by atoms with E-state index in [1.165, 1.54) is 34.7 Å². The first-order valence-corrected chi connectivity index (χ1v) is 11.1. The van der Waals surface area contributed by atoms with Gasteiger partial charge in [0.15, 0.2) is 5.13 Å². The van der Waals surface area contributed by atoms with Gasteiger partial charge in [-0.1, -0.05) is 30.4 Å². The summed E-state index contributed by atoms with van der Waals surface area (Å²) in [5.74, 6) is 1.36. The summed E-state index contributed by atoms with van der Waals surface area (Å²) < 4.78 is 15.0. The van der Waals surface area contributed by atoms with Gasteiger partial charge in [-0.05, 0) is 84.9 Å². The molecule has 1 atom stereocenters. The van der Waals surface area contributed by atoms with Crippen LogP contribution >= 0.6 is 11.3 Å². The molecule has 29 heavy (non-hydrogen) atoms. The zero-order chi connectivity index (χ0) is 20.0. The highest BCUT2D eigenvalue weighted by atomic mass is 32.1. The lowest BCUT2D eigenvalue weighted by Crippen LogP contribution is -2.18. The molecule has 3 nitrogen and oxygen atoms in total. The average Bonchev–Trinajstić information content (AvgIpc) is 3.13. The van der Waals surface area contributed by atoms with Crippen LogP contribution in [0.4, 0.5) is 9.52 Å². The average molecular weight is 406 g/mol. The van der Waals surface area contributed by atoms with E-state index in [1.807, 2.05) is 6.20 Å². The molecule has 0 amide bonds. The fourth-order valence-electron chi connectivity index (χ4n) is 5.03. The van der Waals surface area contributed by atoms with Gasteiger partial charge in [0.25, 0.3) is 0 Å². The molecular weight excluding hydrogens is 381 g/mol. The summed E-state index contributed by atoms with van der Waals surface area (Å²) in [4.78, 5) is 9.00. The number of hydrogen-bond acceptors (Lipinski definition) is 4. The fourth-order valence-corrected chi connectivity index (χ4v) is 5.80. The number of hydrogen-bond donors (Lipinski definition) is 1. The molecule has 0 radical (unpaired) electrons. The van der Waals surface area contributed by atoms with Crippen molar-refractivity contribution in [2.75, 3.05) is 5.73 Å². The number of nitrogens with zero attached hydrogens (tertiary/aromatic N) is 2. The van der Waals surface area contributed by atoms with Gasteiger partial charge in [-0.3, -0.25) is 4.98 Å². The molecule has 1 aliphatic carbocycles. The van der Waals surface area contributed by atoms with Gasteiger partial charge in [0.05, 0.1) is 15.7 Å². The molecule has 0 unspecified atom stereocenters. The maximum absolute atomic E-state index is 13.8. The smallest absolute Gasteiger partial charge is 0.181 e. The number of para-hydroxylation sites is 1. The van der Waals surface area contributed by atoms with Crippen molar-refractivity contribution in [3.63, 3.8) is 0 Å². The molecule has 2 aromatic carbocycles. The summed E-state index contributed by atoms with van der Waals surface area (Å²) in [7, 11) is 0. The second-order valence-electron chi connectivity index (χ2n) is 8.21. The van der Waals surface area contributed by atoms with Gasteiger partial charge in [0.2, 0.25) is 0 Å². The van der Waals surface area contributed by atoms with Gasteiger partial charge in [-0.2, -0.15) is 0 Å². The van der Waals surface area contributed by atoms with Gasteiger partial charge < -0.3 is 5.73 Å². The third-order valence-corrected chi connectivity index (χ3v) is 7.46. The van der Waals surface area contributed by atoms with Crippen molar-refractivity contribution in [2.24, 2.45) is 5.92 Å². The number of fused-ring (bicyclic) bond motifs is 2. The second-order valence-corrected chi connectivity index (χ2v) is 9.27. The summed E-state index contributed by atoms with van der Waals surface area (Å²) in [6, 6.07) is 13.4. The highest BCUT2D eigenvalue weighted by Gasteiger charge is 2.29. The molecule has 4 aromatic rings. The standard InChI is InChI=1S/C24H24FN3S/c1-14(18-3-2-4-22-23(18)28-24(26)29-22)15-5-7-16(8-6-15)19-11-12-27-21-10-9-17(25)13-20(19)21/h2-4,9-16H,5-8H2,1H3,(H2,26,28)/t14-,15?,16?/m1/s1. The summed E-state index contributed by atoms with van der Waals surface area (Å²) in [6.07, 6.45) is 6.44. The fraction of sp³-hybridized carbons (Fsp3) is 0.333. The molecule has 148 valence electrons. The van der Waals surface area contributed by atoms with Crippen LogP contribution in [-0.4, -0.2) is 9.97 Å². The highest BCUT2D eigenvalue weighted by Crippen LogP contribution is 2.44. The first kappa shape index (κ1) is 18.5. The lowest BCUT2D eigenvalue weighted by molar-refractivity contribution is 0.292. The Kier molecular flexibility index (Phi) is 4.70. The minimum Gasteiger partial charge on any atom is -0.375 e. The van der Waals surface area contributed by atoms with Crippen LogP contribution in [0.15, 0.2) is 48.7 Å². The molecule has 1 saturated carbocycles. The van der Waals surface area contributed by atoms with Gasteiger partial charge in [-0.15, -0.1) is 0 Å². The molecule has 2 N–H and O–H groups in total. The predicted octanol–water partition coefficient (Wildman–Crippen LogP) is 6.64. The first-order chi connectivity index (χ1) is 14.1. The van der Waals surface area contributed by atoms with Gasteiger partial charge in [-0.25, -0.2) is 9.37 Å². The van der Waals surface area contributed by atoms with Crippen molar-refractivity contribution < 1.29 is 4.39 Å². The highest BCUT2D eigenvalue weighted by molar-refractivity contribution is 7.22. The quantitative estimate of drug-likeness (QED) is 0.415. The van der Waals surface area contributed by atoms with Crippen molar-refractivity contribution >= 4 is 37.6 Å². The Balaban J connectivity index is 1.37. The first-order valence-electron chi connectivity index (χ1n) is 10.3. The maximum atomic E-state index is 13.8. The van der Waals surface area contributed by atoms with E-state index in [2.05, 4.69) is 41.2 Å². The second kappa shape index (κ2) is 7.38. The summed E-state index contributed by atoms with van der Waals surface area (Å²) in [6.45, 7) is 2.33. The number of nitrogen functional groups attached to an aromatic ring is 1. The molecule has 0 aliphatic heterocycles. The van der Waals surface area contributed by atoms with E-state index >= 15 is 0 Å². The number of anilines is 1. The van der Waals surface area contributed by atoms with E-state index in [0.717, 1.165) is 29.3 Å². The van der Waals surface area contributed by atoms with E-state index in [-0.39, 0.29) is 5.82 Å². The van der Waals surface area contributed by atoms with Gasteiger partial charge in [0, 0.05) is 11.6 Å². The molecule has 0 bridgehead atoms. The van der Waals surface area contributed by atoms with E-state index in [9.17, 15) is 4.39 Å². The molecule has 2 aromatic heterocycles. The minimum absolute atomic E-state index is 0.190. The van der Waals surface area contributed by atoms with Crippen LogP contribution in [0, 0.1) is 11.7 Å². The summed E-state index contributed by atoms with van der Waals surface area (Å²) >= 11 is 1.56. The number of rotatable bonds is 3. The van der Waals surface area contributed by atoms with Crippen molar-refractivity contribution in [3.8, 4) is 0 Å². The Hall–Kier alpha value is -2.53. The zero-order valence-electron chi connectivity index (χ0n) is 16.4. The Morgan fingerprint density at radius 1 is 1.10 bits per heavy atom. The molecule has 5 rings (SSSR count). The SMILES string of the molecule is C[C@@H](c1cccc2sc(N)nc12)C1CCC(c2ccnc3ccc(F)cc23)CC1. The van der Waals surface area contributed by atoms with Crippen molar-refractivity contribution in [1.29, 1.82) is 0 Å². The van der Waals surface area contributed by atoms with Crippen LogP contribution in [0.5, 0.6) is 0 Å². The maximum Gasteiger partial charge on any atom is 0.181 e. The van der Waals surface area contributed by atoms with Crippen LogP contribution in [0.25, 0.3) is 21.1 Å². The van der Waals surface area contributed by atoms with E-state index in [0.29, 0.717) is 22.9 Å². The lowest BCUT2D eigenvalue weighted by Gasteiger charge is -2.33. The Labute approximate surface area is 173 Å². The lowest BCUT2D eigenvalue weighted by atomic mass is 9.72. The van der Waals surface area contributed by atoms with Crippen LogP contribution in [0.3, 0.4) is 0 Å². The number of thiazole rings is 1. The summed E-state index contributed by atoms with van der Waals surface area (Å²) in [5.41, 5.74) is 10.5. The Morgan fingerprint density at radius 3 is 2.76 bits per heavy atom. The van der Waals surface area contributed by atoms with E-state index < -0.39 is 0 Å². The molecule has 0 saturated heterocycles. The molecule has 1 aliphatic rings. The zero-order valence-corrected chi connectivity index (χ0v) is 17.3. The third kappa shape index (κ3) is 3.38. The minimum atomic E-state index is -0.190. The largest absolute Gasteiger partial charge is 0.375 e. The predicted molar refractivity (Wildman–Crippen MR) is 119 cm³/mol. The van der Waals surface area contributed by atoms with Crippen LogP contribution in [0.2, 0.25) is 0 Å². The van der Waals surface area contributed by atoms with E-state index in [4.69, 9.17) is 5.73 Å². The number of benzene rings is 2. The van der Waals surface area contributed by atoms with E-state index in [1.54, 1.807) is 23.5 Å². The number of pyridine rings is 1. The van der Waals surface area contributed by atoms with Gasteiger partial charge >= 0.3 is 0 Å². The normalized spacial score (nSPS) is 20.9. The molecule has 2 heterocycles. The molecule has 1 fully saturated rings. The summed E-state index contributed by atoms with van der Waals surface area (Å²) in [5, 5.41) is 1.60. The van der Waals surface area contributed by atoms with Crippen LogP contribution < -0.4 is 5.73 Å².